The molecule has 1 aliphatic carbocycles. The van der Waals surface area contributed by atoms with E-state index in [1.165, 1.54) is 63.5 Å². The Morgan fingerprint density at radius 1 is 1.11 bits per heavy atom. The Kier molecular flexibility index (Phi) is 9.17. The summed E-state index contributed by atoms with van der Waals surface area (Å²) >= 11 is 2.06. The number of unbranched alkanes of at least 4 members (excludes halogenated alkanes) is 5. The Labute approximate surface area is 124 Å². The number of hydrogen-bond donors (Lipinski definition) is 1. The second-order valence-electron chi connectivity index (χ2n) is 6.48. The molecule has 0 radical (unpaired) electrons. The lowest BCUT2D eigenvalue weighted by atomic mass is 9.96. The predicted molar refractivity (Wildman–Crippen MR) is 86.6 cm³/mol. The van der Waals surface area contributed by atoms with Crippen LogP contribution >= 0.6 is 11.8 Å². The van der Waals surface area contributed by atoms with E-state index in [1.807, 2.05) is 0 Å². The van der Waals surface area contributed by atoms with Crippen molar-refractivity contribution in [3.8, 4) is 0 Å². The van der Waals surface area contributed by atoms with E-state index in [1.54, 1.807) is 0 Å². The van der Waals surface area contributed by atoms with Gasteiger partial charge in [0, 0.05) is 11.3 Å². The molecule has 1 aliphatic rings. The van der Waals surface area contributed by atoms with Gasteiger partial charge in [0.25, 0.3) is 0 Å². The first kappa shape index (κ1) is 17.3. The molecule has 114 valence electrons. The van der Waals surface area contributed by atoms with Gasteiger partial charge in [0.1, 0.15) is 0 Å². The van der Waals surface area contributed by atoms with E-state index in [2.05, 4.69) is 38.0 Å². The normalized spacial score (nSPS) is 16.6. The number of hydroxylamine groups is 1. The minimum Gasteiger partial charge on any atom is -0.298 e. The molecule has 0 atom stereocenters. The van der Waals surface area contributed by atoms with E-state index in [-0.39, 0.29) is 5.54 Å². The van der Waals surface area contributed by atoms with Crippen LogP contribution in [0.4, 0.5) is 0 Å². The number of hydrogen-bond acceptors (Lipinski definition) is 3. The van der Waals surface area contributed by atoms with Gasteiger partial charge < -0.3 is 0 Å². The number of nitrogens with one attached hydrogen (secondary N) is 1. The molecule has 19 heavy (non-hydrogen) atoms. The molecular formula is C16H33NOS. The van der Waals surface area contributed by atoms with Gasteiger partial charge in [-0.1, -0.05) is 39.0 Å². The van der Waals surface area contributed by atoms with Crippen molar-refractivity contribution in [1.29, 1.82) is 0 Å². The minimum atomic E-state index is 0.0997. The summed E-state index contributed by atoms with van der Waals surface area (Å²) in [5.74, 6) is 2.43. The summed E-state index contributed by atoms with van der Waals surface area (Å²) in [5.41, 5.74) is 3.36. The quantitative estimate of drug-likeness (QED) is 0.406. The van der Waals surface area contributed by atoms with E-state index in [0.717, 1.165) is 5.75 Å². The maximum Gasteiger partial charge on any atom is 0.0790 e. The Balaban J connectivity index is 1.88. The second kappa shape index (κ2) is 10.1. The summed E-state index contributed by atoms with van der Waals surface area (Å²) in [4.78, 5) is 5.70. The lowest BCUT2D eigenvalue weighted by molar-refractivity contribution is -0.0914. The topological polar surface area (TPSA) is 21.3 Å². The first-order chi connectivity index (χ1) is 9.14. The molecule has 0 saturated heterocycles. The summed E-state index contributed by atoms with van der Waals surface area (Å²) in [6, 6.07) is 0. The van der Waals surface area contributed by atoms with Crippen molar-refractivity contribution in [1.82, 2.24) is 5.48 Å². The third kappa shape index (κ3) is 8.93. The lowest BCUT2D eigenvalue weighted by Crippen LogP contribution is -2.45. The Hall–Kier alpha value is 0.270. The number of rotatable bonds is 12. The molecule has 0 aromatic heterocycles. The molecule has 0 spiro atoms. The average molecular weight is 288 g/mol. The fraction of sp³-hybridized carbons (Fsp3) is 1.00. The average Bonchev–Trinajstić information content (AvgIpc) is 2.30. The maximum absolute atomic E-state index is 5.70. The van der Waals surface area contributed by atoms with Crippen molar-refractivity contribution in [3.05, 3.63) is 0 Å². The SMILES string of the molecule is CCCCCCCCSCC(C)(C)NOC1CCC1. The molecule has 0 aromatic carbocycles. The highest BCUT2D eigenvalue weighted by Gasteiger charge is 2.23. The van der Waals surface area contributed by atoms with Crippen LogP contribution in [0.15, 0.2) is 0 Å². The maximum atomic E-state index is 5.70. The van der Waals surface area contributed by atoms with Crippen LogP contribution < -0.4 is 5.48 Å². The third-order valence-corrected chi connectivity index (χ3v) is 5.16. The Morgan fingerprint density at radius 2 is 1.79 bits per heavy atom. The van der Waals surface area contributed by atoms with Gasteiger partial charge in [-0.05, 0) is 45.3 Å². The van der Waals surface area contributed by atoms with Gasteiger partial charge in [0.2, 0.25) is 0 Å². The molecule has 1 saturated carbocycles. The van der Waals surface area contributed by atoms with Crippen molar-refractivity contribution in [2.45, 2.75) is 90.2 Å². The molecule has 1 fully saturated rings. The van der Waals surface area contributed by atoms with Crippen molar-refractivity contribution >= 4 is 11.8 Å². The fourth-order valence-electron chi connectivity index (χ4n) is 2.07. The van der Waals surface area contributed by atoms with E-state index in [4.69, 9.17) is 4.84 Å². The standard InChI is InChI=1S/C16H33NOS/c1-4-5-6-7-8-9-13-19-14-16(2,3)17-18-15-11-10-12-15/h15,17H,4-14H2,1-3H3. The van der Waals surface area contributed by atoms with Crippen LogP contribution in [-0.4, -0.2) is 23.1 Å². The van der Waals surface area contributed by atoms with E-state index in [9.17, 15) is 0 Å². The smallest absolute Gasteiger partial charge is 0.0790 e. The van der Waals surface area contributed by atoms with Gasteiger partial charge in [0.15, 0.2) is 0 Å². The summed E-state index contributed by atoms with van der Waals surface area (Å²) in [6.45, 7) is 6.75. The minimum absolute atomic E-state index is 0.0997. The molecule has 1 N–H and O–H groups in total. The van der Waals surface area contributed by atoms with Crippen molar-refractivity contribution in [3.63, 3.8) is 0 Å². The zero-order valence-corrected chi connectivity index (χ0v) is 14.0. The van der Waals surface area contributed by atoms with Crippen molar-refractivity contribution in [2.75, 3.05) is 11.5 Å². The van der Waals surface area contributed by atoms with Gasteiger partial charge >= 0.3 is 0 Å². The molecule has 2 nitrogen and oxygen atoms in total. The molecule has 0 bridgehead atoms. The largest absolute Gasteiger partial charge is 0.298 e. The first-order valence-corrected chi connectivity index (χ1v) is 9.30. The monoisotopic (exact) mass is 287 g/mol. The molecule has 0 amide bonds. The summed E-state index contributed by atoms with van der Waals surface area (Å²) in [5, 5.41) is 0. The highest BCUT2D eigenvalue weighted by Crippen LogP contribution is 2.22. The highest BCUT2D eigenvalue weighted by molar-refractivity contribution is 7.99. The van der Waals surface area contributed by atoms with Gasteiger partial charge in [-0.25, -0.2) is 0 Å². The molecule has 3 heteroatoms. The summed E-state index contributed by atoms with van der Waals surface area (Å²) in [6.07, 6.45) is 12.6. The first-order valence-electron chi connectivity index (χ1n) is 8.14. The van der Waals surface area contributed by atoms with Crippen molar-refractivity contribution < 1.29 is 4.84 Å². The Morgan fingerprint density at radius 3 is 2.42 bits per heavy atom. The van der Waals surface area contributed by atoms with Gasteiger partial charge in [-0.2, -0.15) is 17.2 Å². The summed E-state index contributed by atoms with van der Waals surface area (Å²) < 4.78 is 0. The second-order valence-corrected chi connectivity index (χ2v) is 7.58. The van der Waals surface area contributed by atoms with Crippen molar-refractivity contribution in [2.24, 2.45) is 0 Å². The van der Waals surface area contributed by atoms with E-state index < -0.39 is 0 Å². The zero-order chi connectivity index (χ0) is 14.0. The van der Waals surface area contributed by atoms with Crippen LogP contribution in [0, 0.1) is 0 Å². The summed E-state index contributed by atoms with van der Waals surface area (Å²) in [7, 11) is 0. The number of thioether (sulfide) groups is 1. The third-order valence-electron chi connectivity index (χ3n) is 3.66. The van der Waals surface area contributed by atoms with Crippen LogP contribution in [0.5, 0.6) is 0 Å². The lowest BCUT2D eigenvalue weighted by Gasteiger charge is -2.32. The highest BCUT2D eigenvalue weighted by atomic mass is 32.2. The molecule has 0 aromatic rings. The van der Waals surface area contributed by atoms with Crippen LogP contribution in [0.1, 0.15) is 78.6 Å². The van der Waals surface area contributed by atoms with Crippen LogP contribution in [0.25, 0.3) is 0 Å². The van der Waals surface area contributed by atoms with Gasteiger partial charge in [-0.3, -0.25) is 4.84 Å². The molecular weight excluding hydrogens is 254 g/mol. The predicted octanol–water partition coefficient (Wildman–Crippen LogP) is 4.93. The zero-order valence-electron chi connectivity index (χ0n) is 13.2. The molecule has 1 rings (SSSR count). The van der Waals surface area contributed by atoms with Gasteiger partial charge in [-0.15, -0.1) is 0 Å². The van der Waals surface area contributed by atoms with E-state index in [0.29, 0.717) is 6.10 Å². The molecule has 0 aliphatic heterocycles. The fourth-order valence-corrected chi connectivity index (χ4v) is 3.19. The van der Waals surface area contributed by atoms with E-state index >= 15 is 0 Å². The Bertz CT molecular complexity index is 217. The molecule has 0 unspecified atom stereocenters. The van der Waals surface area contributed by atoms with Crippen LogP contribution in [0.2, 0.25) is 0 Å². The molecule has 0 heterocycles. The van der Waals surface area contributed by atoms with Crippen LogP contribution in [0.3, 0.4) is 0 Å². The van der Waals surface area contributed by atoms with Crippen LogP contribution in [-0.2, 0) is 4.84 Å². The van der Waals surface area contributed by atoms with Gasteiger partial charge in [0.05, 0.1) is 6.10 Å².